The van der Waals surface area contributed by atoms with Gasteiger partial charge in [-0.2, -0.15) is 5.10 Å². The highest BCUT2D eigenvalue weighted by atomic mass is 16.4. The Labute approximate surface area is 111 Å². The van der Waals surface area contributed by atoms with Crippen molar-refractivity contribution in [3.63, 3.8) is 0 Å². The maximum atomic E-state index is 10.8. The molecule has 1 fully saturated rings. The Morgan fingerprint density at radius 2 is 1.74 bits per heavy atom. The molecule has 3 rings (SSSR count). The second-order valence-corrected chi connectivity index (χ2v) is 4.15. The van der Waals surface area contributed by atoms with Gasteiger partial charge in [-0.05, 0) is 56.0 Å². The summed E-state index contributed by atoms with van der Waals surface area (Å²) in [6.07, 6.45) is 9.70. The fourth-order valence-electron chi connectivity index (χ4n) is 2.02. The molecular formula is C15H11N2O2. The van der Waals surface area contributed by atoms with Crippen LogP contribution in [0.4, 0.5) is 0 Å². The van der Waals surface area contributed by atoms with Crippen LogP contribution in [-0.4, -0.2) is 20.9 Å². The average molecular weight is 251 g/mol. The Kier molecular flexibility index (Phi) is 3.07. The van der Waals surface area contributed by atoms with E-state index >= 15 is 0 Å². The molecule has 2 aromatic rings. The molecule has 93 valence electrons. The highest BCUT2D eigenvalue weighted by Gasteiger charge is 2.22. The maximum absolute atomic E-state index is 10.8. The Balaban J connectivity index is 1.93. The van der Waals surface area contributed by atoms with Gasteiger partial charge < -0.3 is 5.11 Å². The van der Waals surface area contributed by atoms with E-state index in [1.54, 1.807) is 35.1 Å². The third-order valence-electron chi connectivity index (χ3n) is 2.96. The Hall–Kier alpha value is -2.10. The van der Waals surface area contributed by atoms with E-state index in [4.69, 9.17) is 5.11 Å². The second kappa shape index (κ2) is 4.88. The first kappa shape index (κ1) is 12.0. The Morgan fingerprint density at radius 3 is 2.37 bits per heavy atom. The smallest absolute Gasteiger partial charge is 0.335 e. The van der Waals surface area contributed by atoms with Gasteiger partial charge >= 0.3 is 5.97 Å². The number of carbonyl (C=O) groups is 1. The number of aromatic nitrogens is 2. The van der Waals surface area contributed by atoms with Crippen molar-refractivity contribution in [2.24, 2.45) is 0 Å². The van der Waals surface area contributed by atoms with Gasteiger partial charge in [-0.3, -0.25) is 0 Å². The van der Waals surface area contributed by atoms with Crippen LogP contribution in [-0.2, 0) is 0 Å². The minimum absolute atomic E-state index is 0.269. The van der Waals surface area contributed by atoms with E-state index in [-0.39, 0.29) is 5.56 Å². The van der Waals surface area contributed by atoms with Crippen molar-refractivity contribution in [2.45, 2.75) is 0 Å². The van der Waals surface area contributed by atoms with Gasteiger partial charge in [0.25, 0.3) is 0 Å². The molecule has 4 nitrogen and oxygen atoms in total. The summed E-state index contributed by atoms with van der Waals surface area (Å²) in [5, 5.41) is 13.2. The number of carboxylic acids is 1. The van der Waals surface area contributed by atoms with Crippen LogP contribution in [0.15, 0.2) is 36.5 Å². The largest absolute Gasteiger partial charge is 0.478 e. The van der Waals surface area contributed by atoms with Crippen molar-refractivity contribution in [1.29, 1.82) is 0 Å². The van der Waals surface area contributed by atoms with Crippen LogP contribution in [0.5, 0.6) is 0 Å². The van der Waals surface area contributed by atoms with E-state index in [0.717, 1.165) is 17.3 Å². The summed E-state index contributed by atoms with van der Waals surface area (Å²) >= 11 is 0. The lowest BCUT2D eigenvalue weighted by Gasteiger charge is -2.11. The van der Waals surface area contributed by atoms with Crippen LogP contribution >= 0.6 is 0 Å². The topological polar surface area (TPSA) is 55.1 Å². The number of benzene rings is 1. The highest BCUT2D eigenvalue weighted by molar-refractivity contribution is 5.87. The van der Waals surface area contributed by atoms with Crippen LogP contribution < -0.4 is 0 Å². The van der Waals surface area contributed by atoms with E-state index in [9.17, 15) is 4.79 Å². The normalized spacial score (nSPS) is 15.8. The van der Waals surface area contributed by atoms with Crippen LogP contribution in [0, 0.1) is 31.6 Å². The van der Waals surface area contributed by atoms with E-state index in [1.165, 1.54) is 0 Å². The molecule has 1 N–H and O–H groups in total. The third-order valence-corrected chi connectivity index (χ3v) is 2.96. The Bertz CT molecular complexity index is 580. The number of hydrogen-bond donors (Lipinski definition) is 1. The molecular weight excluding hydrogens is 240 g/mol. The Morgan fingerprint density at radius 1 is 1.05 bits per heavy atom. The lowest BCUT2D eigenvalue weighted by molar-refractivity contribution is 0.0697. The minimum Gasteiger partial charge on any atom is -0.478 e. The highest BCUT2D eigenvalue weighted by Crippen LogP contribution is 2.30. The van der Waals surface area contributed by atoms with Crippen molar-refractivity contribution < 1.29 is 9.90 Å². The van der Waals surface area contributed by atoms with Crippen LogP contribution in [0.3, 0.4) is 0 Å². The summed E-state index contributed by atoms with van der Waals surface area (Å²) in [4.78, 5) is 10.8. The summed E-state index contributed by atoms with van der Waals surface area (Å²) in [5.74, 6) is 0.156. The molecule has 5 radical (unpaired) electrons. The molecule has 1 aliphatic rings. The fourth-order valence-corrected chi connectivity index (χ4v) is 2.02. The quantitative estimate of drug-likeness (QED) is 0.910. The molecule has 0 saturated heterocycles. The first-order valence-electron chi connectivity index (χ1n) is 5.85. The van der Waals surface area contributed by atoms with Crippen molar-refractivity contribution >= 4 is 5.97 Å². The molecule has 0 spiro atoms. The second-order valence-electron chi connectivity index (χ2n) is 4.15. The molecule has 1 aliphatic carbocycles. The molecule has 0 atom stereocenters. The molecule has 1 aromatic heterocycles. The zero-order chi connectivity index (χ0) is 13.2. The lowest BCUT2D eigenvalue weighted by Crippen LogP contribution is -2.07. The number of aromatic carboxylic acids is 1. The average Bonchev–Trinajstić information content (AvgIpc) is 3.09. The van der Waals surface area contributed by atoms with Crippen LogP contribution in [0.25, 0.3) is 5.69 Å². The SMILES string of the molecule is O=C(O)c1ccc(-n2nccc2[C]2[CH][CH][CH][CH]2)cc1. The predicted octanol–water partition coefficient (Wildman–Crippen LogP) is 2.32. The van der Waals surface area contributed by atoms with E-state index in [0.29, 0.717) is 0 Å². The first-order chi connectivity index (χ1) is 9.25. The molecule has 1 aromatic carbocycles. The van der Waals surface area contributed by atoms with Gasteiger partial charge in [0, 0.05) is 12.1 Å². The van der Waals surface area contributed by atoms with Gasteiger partial charge in [0.2, 0.25) is 0 Å². The lowest BCUT2D eigenvalue weighted by atomic mass is 10.0. The molecule has 19 heavy (non-hydrogen) atoms. The summed E-state index contributed by atoms with van der Waals surface area (Å²) in [7, 11) is 0. The summed E-state index contributed by atoms with van der Waals surface area (Å²) in [6, 6.07) is 8.59. The molecule has 0 amide bonds. The zero-order valence-corrected chi connectivity index (χ0v) is 10.0. The van der Waals surface area contributed by atoms with Gasteiger partial charge in [0.1, 0.15) is 0 Å². The van der Waals surface area contributed by atoms with Gasteiger partial charge in [0.05, 0.1) is 16.9 Å². The van der Waals surface area contributed by atoms with E-state index < -0.39 is 5.97 Å². The number of hydrogen-bond acceptors (Lipinski definition) is 2. The van der Waals surface area contributed by atoms with E-state index in [1.807, 2.05) is 31.7 Å². The number of carboxylic acid groups (broad SMARTS) is 1. The third kappa shape index (κ3) is 2.26. The van der Waals surface area contributed by atoms with Crippen molar-refractivity contribution in [2.75, 3.05) is 0 Å². The summed E-state index contributed by atoms with van der Waals surface area (Å²) in [5.41, 5.74) is 2.09. The molecule has 1 heterocycles. The monoisotopic (exact) mass is 251 g/mol. The van der Waals surface area contributed by atoms with Gasteiger partial charge in [-0.25, -0.2) is 9.48 Å². The van der Waals surface area contributed by atoms with Crippen molar-refractivity contribution in [1.82, 2.24) is 9.78 Å². The van der Waals surface area contributed by atoms with Crippen molar-refractivity contribution in [3.8, 4) is 5.69 Å². The molecule has 0 unspecified atom stereocenters. The van der Waals surface area contributed by atoms with Crippen molar-refractivity contribution in [3.05, 3.63) is 79.4 Å². The number of nitrogens with zero attached hydrogens (tertiary/aromatic N) is 2. The summed E-state index contributed by atoms with van der Waals surface area (Å²) in [6.45, 7) is 0. The van der Waals surface area contributed by atoms with Gasteiger partial charge in [-0.15, -0.1) is 0 Å². The fraction of sp³-hybridized carbons (Fsp3) is 0. The maximum Gasteiger partial charge on any atom is 0.335 e. The first-order valence-corrected chi connectivity index (χ1v) is 5.85. The molecule has 0 bridgehead atoms. The van der Waals surface area contributed by atoms with Crippen LogP contribution in [0.2, 0.25) is 0 Å². The van der Waals surface area contributed by atoms with Gasteiger partial charge in [0.15, 0.2) is 0 Å². The predicted molar refractivity (Wildman–Crippen MR) is 70.1 cm³/mol. The standard InChI is InChI=1S/C15H11N2O2/c18-15(19)12-5-7-13(8-6-12)17-14(9-10-16-17)11-3-1-2-4-11/h1-10H,(H,18,19). The summed E-state index contributed by atoms with van der Waals surface area (Å²) < 4.78 is 1.79. The molecule has 4 heteroatoms. The molecule has 1 saturated carbocycles. The molecule has 0 aliphatic heterocycles. The number of rotatable bonds is 3. The zero-order valence-electron chi connectivity index (χ0n) is 10.0. The van der Waals surface area contributed by atoms with Gasteiger partial charge in [-0.1, -0.05) is 0 Å². The van der Waals surface area contributed by atoms with Crippen LogP contribution in [0.1, 0.15) is 16.1 Å². The minimum atomic E-state index is -0.928. The van der Waals surface area contributed by atoms with E-state index in [2.05, 4.69) is 5.10 Å².